The van der Waals surface area contributed by atoms with Gasteiger partial charge in [0, 0.05) is 43.4 Å². The Kier molecular flexibility index (Phi) is 5.24. The lowest BCUT2D eigenvalue weighted by molar-refractivity contribution is -0.134. The molecule has 2 unspecified atom stereocenters. The van der Waals surface area contributed by atoms with Crippen LogP contribution in [0.25, 0.3) is 11.1 Å². The summed E-state index contributed by atoms with van der Waals surface area (Å²) in [6.45, 7) is 1.87. The lowest BCUT2D eigenvalue weighted by Crippen LogP contribution is -2.51. The third-order valence-corrected chi connectivity index (χ3v) is 5.57. The highest BCUT2D eigenvalue weighted by Gasteiger charge is 2.44. The smallest absolute Gasteiger partial charge is 0.253 e. The van der Waals surface area contributed by atoms with Gasteiger partial charge < -0.3 is 19.6 Å². The predicted molar refractivity (Wildman–Crippen MR) is 105 cm³/mol. The van der Waals surface area contributed by atoms with Crippen LogP contribution in [-0.2, 0) is 4.79 Å². The lowest BCUT2D eigenvalue weighted by Gasteiger charge is -2.35. The number of amides is 2. The molecule has 2 fully saturated rings. The molecule has 0 aromatic heterocycles. The number of methoxy groups -OCH3 is 1. The largest absolute Gasteiger partial charge is 0.497 e. The van der Waals surface area contributed by atoms with E-state index in [4.69, 9.17) is 4.74 Å². The molecule has 29 heavy (non-hydrogen) atoms. The quantitative estimate of drug-likeness (QED) is 0.857. The number of aliphatic hydroxyl groups is 1. The van der Waals surface area contributed by atoms with Gasteiger partial charge in [-0.1, -0.05) is 12.1 Å². The van der Waals surface area contributed by atoms with E-state index in [-0.39, 0.29) is 23.5 Å². The Morgan fingerprint density at radius 3 is 2.21 bits per heavy atom. The van der Waals surface area contributed by atoms with E-state index in [9.17, 15) is 19.1 Å². The van der Waals surface area contributed by atoms with Crippen molar-refractivity contribution in [3.8, 4) is 16.9 Å². The minimum absolute atomic E-state index is 0.0181. The maximum Gasteiger partial charge on any atom is 0.253 e. The number of carbonyl (C=O) groups is 2. The van der Waals surface area contributed by atoms with Crippen molar-refractivity contribution in [2.45, 2.75) is 12.5 Å². The summed E-state index contributed by atoms with van der Waals surface area (Å²) in [4.78, 5) is 28.4. The van der Waals surface area contributed by atoms with Crippen molar-refractivity contribution in [3.05, 3.63) is 53.8 Å². The molecule has 1 aliphatic heterocycles. The lowest BCUT2D eigenvalue weighted by atomic mass is 10.0. The van der Waals surface area contributed by atoms with E-state index in [1.165, 1.54) is 13.2 Å². The zero-order valence-electron chi connectivity index (χ0n) is 16.2. The number of aliphatic hydroxyl groups excluding tert-OH is 1. The molecule has 1 aliphatic carbocycles. The fraction of sp³-hybridized carbons (Fsp3) is 0.364. The van der Waals surface area contributed by atoms with Crippen LogP contribution in [-0.4, -0.2) is 66.1 Å². The molecule has 7 heteroatoms. The van der Waals surface area contributed by atoms with Crippen LogP contribution in [0.1, 0.15) is 16.8 Å². The van der Waals surface area contributed by atoms with Crippen molar-refractivity contribution in [1.82, 2.24) is 9.80 Å². The van der Waals surface area contributed by atoms with Crippen molar-refractivity contribution in [3.63, 3.8) is 0 Å². The summed E-state index contributed by atoms with van der Waals surface area (Å²) in [5, 5.41) is 9.42. The van der Waals surface area contributed by atoms with Crippen LogP contribution < -0.4 is 4.74 Å². The number of carbonyl (C=O) groups excluding carboxylic acids is 2. The fourth-order valence-corrected chi connectivity index (χ4v) is 3.64. The zero-order chi connectivity index (χ0) is 20.5. The standard InChI is InChI=1S/C22H23FN2O4/c1-29-16-6-7-17(19(23)12-16)14-2-4-15(5-3-14)21(27)24-8-10-25(11-9-24)22(28)18-13-20(18)26/h2-7,12,18,20,26H,8-11,13H2,1H3. The Morgan fingerprint density at radius 2 is 1.66 bits per heavy atom. The van der Waals surface area contributed by atoms with Crippen LogP contribution in [0.2, 0.25) is 0 Å². The van der Waals surface area contributed by atoms with Gasteiger partial charge in [-0.15, -0.1) is 0 Å². The molecule has 1 N–H and O–H groups in total. The zero-order valence-corrected chi connectivity index (χ0v) is 16.2. The molecular weight excluding hydrogens is 375 g/mol. The molecular formula is C22H23FN2O4. The minimum Gasteiger partial charge on any atom is -0.497 e. The monoisotopic (exact) mass is 398 g/mol. The summed E-state index contributed by atoms with van der Waals surface area (Å²) in [5.41, 5.74) is 1.65. The Bertz CT molecular complexity index is 923. The molecule has 0 bridgehead atoms. The number of hydrogen-bond donors (Lipinski definition) is 1. The highest BCUT2D eigenvalue weighted by Crippen LogP contribution is 2.32. The first-order valence-electron chi connectivity index (χ1n) is 9.68. The molecule has 4 rings (SSSR count). The predicted octanol–water partition coefficient (Wildman–Crippen LogP) is 2.17. The van der Waals surface area contributed by atoms with E-state index in [0.717, 1.165) is 0 Å². The number of nitrogens with zero attached hydrogens (tertiary/aromatic N) is 2. The van der Waals surface area contributed by atoms with Crippen molar-refractivity contribution < 1.29 is 23.8 Å². The van der Waals surface area contributed by atoms with Crippen molar-refractivity contribution in [2.75, 3.05) is 33.3 Å². The van der Waals surface area contributed by atoms with Crippen molar-refractivity contribution in [1.29, 1.82) is 0 Å². The summed E-state index contributed by atoms with van der Waals surface area (Å²) < 4.78 is 19.3. The summed E-state index contributed by atoms with van der Waals surface area (Å²) in [6.07, 6.45) is 0.0373. The van der Waals surface area contributed by atoms with Gasteiger partial charge in [0.15, 0.2) is 0 Å². The second-order valence-electron chi connectivity index (χ2n) is 7.45. The number of piperazine rings is 1. The average molecular weight is 398 g/mol. The van der Waals surface area contributed by atoms with Crippen molar-refractivity contribution in [2.24, 2.45) is 5.92 Å². The van der Waals surface area contributed by atoms with Crippen LogP contribution in [0.5, 0.6) is 5.75 Å². The topological polar surface area (TPSA) is 70.1 Å². The van der Waals surface area contributed by atoms with Gasteiger partial charge in [-0.25, -0.2) is 4.39 Å². The van der Waals surface area contributed by atoms with Gasteiger partial charge in [0.25, 0.3) is 5.91 Å². The number of halogens is 1. The van der Waals surface area contributed by atoms with Crippen molar-refractivity contribution >= 4 is 11.8 Å². The average Bonchev–Trinajstić information content (AvgIpc) is 3.49. The van der Waals surface area contributed by atoms with Gasteiger partial charge in [-0.2, -0.15) is 0 Å². The molecule has 1 saturated heterocycles. The molecule has 0 radical (unpaired) electrons. The third kappa shape index (κ3) is 3.96. The van der Waals surface area contributed by atoms with Crippen LogP contribution in [0.3, 0.4) is 0 Å². The summed E-state index contributed by atoms with van der Waals surface area (Å²) >= 11 is 0. The van der Waals surface area contributed by atoms with E-state index in [0.29, 0.717) is 55.0 Å². The molecule has 152 valence electrons. The van der Waals surface area contributed by atoms with E-state index < -0.39 is 6.10 Å². The fourth-order valence-electron chi connectivity index (χ4n) is 3.64. The van der Waals surface area contributed by atoms with Gasteiger partial charge in [0.1, 0.15) is 11.6 Å². The Balaban J connectivity index is 1.39. The first kappa shape index (κ1) is 19.4. The van der Waals surface area contributed by atoms with E-state index in [2.05, 4.69) is 0 Å². The van der Waals surface area contributed by atoms with Crippen LogP contribution in [0, 0.1) is 11.7 Å². The third-order valence-electron chi connectivity index (χ3n) is 5.57. The number of ether oxygens (including phenoxy) is 1. The maximum absolute atomic E-state index is 14.3. The molecule has 0 spiro atoms. The second kappa shape index (κ2) is 7.83. The summed E-state index contributed by atoms with van der Waals surface area (Å²) in [6, 6.07) is 11.5. The normalized spacial score (nSPS) is 21.1. The molecule has 2 aromatic rings. The summed E-state index contributed by atoms with van der Waals surface area (Å²) in [5.74, 6) is -0.319. The van der Waals surface area contributed by atoms with Crippen LogP contribution >= 0.6 is 0 Å². The van der Waals surface area contributed by atoms with Gasteiger partial charge in [0.05, 0.1) is 19.1 Å². The molecule has 2 aromatic carbocycles. The summed E-state index contributed by atoms with van der Waals surface area (Å²) in [7, 11) is 1.49. The van der Waals surface area contributed by atoms with Crippen LogP contribution in [0.15, 0.2) is 42.5 Å². The Hall–Kier alpha value is -2.93. The minimum atomic E-state index is -0.504. The van der Waals surface area contributed by atoms with E-state index >= 15 is 0 Å². The van der Waals surface area contributed by atoms with Gasteiger partial charge in [-0.05, 0) is 36.2 Å². The van der Waals surface area contributed by atoms with Crippen LogP contribution in [0.4, 0.5) is 4.39 Å². The number of hydrogen-bond acceptors (Lipinski definition) is 4. The maximum atomic E-state index is 14.3. The first-order valence-corrected chi connectivity index (χ1v) is 9.68. The number of benzene rings is 2. The highest BCUT2D eigenvalue weighted by molar-refractivity contribution is 5.95. The highest BCUT2D eigenvalue weighted by atomic mass is 19.1. The van der Waals surface area contributed by atoms with E-state index in [1.54, 1.807) is 46.2 Å². The second-order valence-corrected chi connectivity index (χ2v) is 7.45. The van der Waals surface area contributed by atoms with Gasteiger partial charge in [-0.3, -0.25) is 9.59 Å². The first-order chi connectivity index (χ1) is 14.0. The SMILES string of the molecule is COc1ccc(-c2ccc(C(=O)N3CCN(C(=O)C4CC4O)CC3)cc2)c(F)c1. The molecule has 6 nitrogen and oxygen atoms in total. The molecule has 2 atom stereocenters. The molecule has 2 amide bonds. The molecule has 1 heterocycles. The van der Waals surface area contributed by atoms with E-state index in [1.807, 2.05) is 0 Å². The van der Waals surface area contributed by atoms with Gasteiger partial charge >= 0.3 is 0 Å². The Morgan fingerprint density at radius 1 is 1.03 bits per heavy atom. The number of rotatable bonds is 4. The molecule has 1 saturated carbocycles. The van der Waals surface area contributed by atoms with Gasteiger partial charge in [0.2, 0.25) is 5.91 Å². The Labute approximate surface area is 168 Å². The molecule has 2 aliphatic rings.